The molecule has 1 aromatic heterocycles. The highest BCUT2D eigenvalue weighted by atomic mass is 79.9. The lowest BCUT2D eigenvalue weighted by Crippen LogP contribution is -2.18. The van der Waals surface area contributed by atoms with E-state index in [1.807, 2.05) is 19.1 Å². The highest BCUT2D eigenvalue weighted by Gasteiger charge is 2.13. The highest BCUT2D eigenvalue weighted by Crippen LogP contribution is 2.29. The molecule has 114 valence electrons. The molecule has 0 radical (unpaired) electrons. The van der Waals surface area contributed by atoms with Gasteiger partial charge in [-0.2, -0.15) is 0 Å². The van der Waals surface area contributed by atoms with Gasteiger partial charge in [0.2, 0.25) is 5.89 Å². The largest absolute Gasteiger partial charge is 0.483 e. The van der Waals surface area contributed by atoms with Gasteiger partial charge in [-0.15, -0.1) is 10.2 Å². The van der Waals surface area contributed by atoms with Crippen LogP contribution in [0.5, 0.6) is 5.75 Å². The van der Waals surface area contributed by atoms with Crippen LogP contribution in [0.15, 0.2) is 27.1 Å². The standard InChI is InChI=1S/C15H20BrN3O2/c1-4-14-18-19-15(21-14)9-20-13-7-6-11(16)8-12(13)10(3)17-5-2/h6-8,10,17H,4-5,9H2,1-3H3. The van der Waals surface area contributed by atoms with Crippen molar-refractivity contribution in [2.45, 2.75) is 39.8 Å². The lowest BCUT2D eigenvalue weighted by Gasteiger charge is -2.17. The van der Waals surface area contributed by atoms with Crippen LogP contribution in [0.25, 0.3) is 0 Å². The minimum atomic E-state index is 0.205. The van der Waals surface area contributed by atoms with Crippen LogP contribution in [0.4, 0.5) is 0 Å². The van der Waals surface area contributed by atoms with E-state index in [1.54, 1.807) is 0 Å². The number of benzene rings is 1. The van der Waals surface area contributed by atoms with E-state index in [0.29, 0.717) is 11.8 Å². The van der Waals surface area contributed by atoms with Crippen LogP contribution in [0.3, 0.4) is 0 Å². The molecule has 1 atom stereocenters. The van der Waals surface area contributed by atoms with E-state index < -0.39 is 0 Å². The summed E-state index contributed by atoms with van der Waals surface area (Å²) in [6.07, 6.45) is 0.730. The second-order valence-corrected chi connectivity index (χ2v) is 5.61. The van der Waals surface area contributed by atoms with E-state index in [9.17, 15) is 0 Å². The van der Waals surface area contributed by atoms with E-state index in [0.717, 1.165) is 28.8 Å². The third kappa shape index (κ3) is 4.28. The topological polar surface area (TPSA) is 60.2 Å². The first-order valence-electron chi connectivity index (χ1n) is 7.10. The number of nitrogens with one attached hydrogen (secondary N) is 1. The van der Waals surface area contributed by atoms with Crippen molar-refractivity contribution in [3.05, 3.63) is 40.0 Å². The van der Waals surface area contributed by atoms with Crippen LogP contribution in [0.1, 0.15) is 44.2 Å². The maximum atomic E-state index is 5.85. The Kier molecular flexibility index (Phi) is 5.76. The summed E-state index contributed by atoms with van der Waals surface area (Å²) in [4.78, 5) is 0. The minimum absolute atomic E-state index is 0.205. The van der Waals surface area contributed by atoms with Crippen molar-refractivity contribution in [1.82, 2.24) is 15.5 Å². The Balaban J connectivity index is 2.11. The molecule has 1 unspecified atom stereocenters. The van der Waals surface area contributed by atoms with Gasteiger partial charge in [0.05, 0.1) is 0 Å². The molecule has 5 nitrogen and oxygen atoms in total. The number of aromatic nitrogens is 2. The van der Waals surface area contributed by atoms with Gasteiger partial charge in [0, 0.05) is 22.5 Å². The summed E-state index contributed by atoms with van der Waals surface area (Å²) in [6.45, 7) is 7.35. The van der Waals surface area contributed by atoms with Gasteiger partial charge in [0.1, 0.15) is 5.75 Å². The van der Waals surface area contributed by atoms with E-state index in [1.165, 1.54) is 0 Å². The molecule has 6 heteroatoms. The van der Waals surface area contributed by atoms with E-state index in [2.05, 4.69) is 51.4 Å². The predicted molar refractivity (Wildman–Crippen MR) is 84.2 cm³/mol. The molecule has 0 aliphatic heterocycles. The molecule has 0 saturated carbocycles. The molecule has 0 spiro atoms. The molecular weight excluding hydrogens is 334 g/mol. The second kappa shape index (κ2) is 7.56. The van der Waals surface area contributed by atoms with Gasteiger partial charge in [-0.25, -0.2) is 0 Å². The van der Waals surface area contributed by atoms with Crippen LogP contribution in [0, 0.1) is 0 Å². The van der Waals surface area contributed by atoms with Crippen LogP contribution in [-0.2, 0) is 13.0 Å². The number of ether oxygens (including phenoxy) is 1. The van der Waals surface area contributed by atoms with Crippen molar-refractivity contribution < 1.29 is 9.15 Å². The van der Waals surface area contributed by atoms with Crippen molar-refractivity contribution in [1.29, 1.82) is 0 Å². The number of nitrogens with zero attached hydrogens (tertiary/aromatic N) is 2. The van der Waals surface area contributed by atoms with E-state index in [4.69, 9.17) is 9.15 Å². The number of hydrogen-bond acceptors (Lipinski definition) is 5. The first-order chi connectivity index (χ1) is 10.1. The monoisotopic (exact) mass is 353 g/mol. The highest BCUT2D eigenvalue weighted by molar-refractivity contribution is 9.10. The molecule has 1 N–H and O–H groups in total. The maximum Gasteiger partial charge on any atom is 0.253 e. The normalized spacial score (nSPS) is 12.4. The average Bonchev–Trinajstić information content (AvgIpc) is 2.94. The Morgan fingerprint density at radius 3 is 2.71 bits per heavy atom. The van der Waals surface area contributed by atoms with Gasteiger partial charge in [-0.05, 0) is 31.7 Å². The summed E-state index contributed by atoms with van der Waals surface area (Å²) >= 11 is 3.50. The number of rotatable bonds is 7. The van der Waals surface area contributed by atoms with Gasteiger partial charge in [0.25, 0.3) is 5.89 Å². The van der Waals surface area contributed by atoms with Gasteiger partial charge >= 0.3 is 0 Å². The summed E-state index contributed by atoms with van der Waals surface area (Å²) in [7, 11) is 0. The molecule has 0 amide bonds. The van der Waals surface area contributed by atoms with Gasteiger partial charge in [-0.3, -0.25) is 0 Å². The van der Waals surface area contributed by atoms with Crippen molar-refractivity contribution in [2.75, 3.05) is 6.54 Å². The lowest BCUT2D eigenvalue weighted by molar-refractivity contribution is 0.255. The molecule has 1 heterocycles. The summed E-state index contributed by atoms with van der Waals surface area (Å²) in [5.41, 5.74) is 1.10. The third-order valence-electron chi connectivity index (χ3n) is 3.11. The quantitative estimate of drug-likeness (QED) is 0.823. The molecule has 1 aromatic carbocycles. The Bertz CT molecular complexity index is 586. The summed E-state index contributed by atoms with van der Waals surface area (Å²) in [5.74, 6) is 1.95. The summed E-state index contributed by atoms with van der Waals surface area (Å²) in [6, 6.07) is 6.18. The van der Waals surface area contributed by atoms with Crippen LogP contribution in [-0.4, -0.2) is 16.7 Å². The summed E-state index contributed by atoms with van der Waals surface area (Å²) in [5, 5.41) is 11.3. The number of halogens is 1. The zero-order chi connectivity index (χ0) is 15.2. The smallest absolute Gasteiger partial charge is 0.253 e. The molecule has 0 bridgehead atoms. The third-order valence-corrected chi connectivity index (χ3v) is 3.60. The molecule has 21 heavy (non-hydrogen) atoms. The first kappa shape index (κ1) is 16.0. The Labute approximate surface area is 133 Å². The predicted octanol–water partition coefficient (Wildman–Crippen LogP) is 3.64. The molecule has 0 aliphatic carbocycles. The van der Waals surface area contributed by atoms with Crippen molar-refractivity contribution in [3.8, 4) is 5.75 Å². The zero-order valence-electron chi connectivity index (χ0n) is 12.5. The molecule has 0 saturated heterocycles. The Morgan fingerprint density at radius 2 is 2.05 bits per heavy atom. The minimum Gasteiger partial charge on any atom is -0.483 e. The number of aryl methyl sites for hydroxylation is 1. The van der Waals surface area contributed by atoms with Gasteiger partial charge in [-0.1, -0.05) is 29.8 Å². The molecule has 2 rings (SSSR count). The van der Waals surface area contributed by atoms with Crippen LogP contribution < -0.4 is 10.1 Å². The molecular formula is C15H20BrN3O2. The SMILES string of the molecule is CCNC(C)c1cc(Br)ccc1OCc1nnc(CC)o1. The van der Waals surface area contributed by atoms with Crippen LogP contribution >= 0.6 is 15.9 Å². The zero-order valence-corrected chi connectivity index (χ0v) is 14.1. The number of hydrogen-bond donors (Lipinski definition) is 1. The Hall–Kier alpha value is -1.40. The van der Waals surface area contributed by atoms with Gasteiger partial charge < -0.3 is 14.5 Å². The Morgan fingerprint density at radius 1 is 1.29 bits per heavy atom. The fraction of sp³-hybridized carbons (Fsp3) is 0.467. The van der Waals surface area contributed by atoms with E-state index in [-0.39, 0.29) is 12.6 Å². The van der Waals surface area contributed by atoms with Crippen molar-refractivity contribution in [3.63, 3.8) is 0 Å². The van der Waals surface area contributed by atoms with Crippen molar-refractivity contribution >= 4 is 15.9 Å². The van der Waals surface area contributed by atoms with Crippen molar-refractivity contribution in [2.24, 2.45) is 0 Å². The molecule has 0 fully saturated rings. The maximum absolute atomic E-state index is 5.85. The average molecular weight is 354 g/mol. The molecule has 2 aromatic rings. The molecule has 0 aliphatic rings. The summed E-state index contributed by atoms with van der Waals surface area (Å²) < 4.78 is 12.3. The second-order valence-electron chi connectivity index (χ2n) is 4.69. The fourth-order valence-electron chi connectivity index (χ4n) is 2.03. The van der Waals surface area contributed by atoms with Gasteiger partial charge in [0.15, 0.2) is 6.61 Å². The lowest BCUT2D eigenvalue weighted by atomic mass is 10.1. The van der Waals surface area contributed by atoms with E-state index >= 15 is 0 Å². The van der Waals surface area contributed by atoms with Crippen LogP contribution in [0.2, 0.25) is 0 Å². The first-order valence-corrected chi connectivity index (χ1v) is 7.90. The fourth-order valence-corrected chi connectivity index (χ4v) is 2.41.